The number of rotatable bonds is 5. The quantitative estimate of drug-likeness (QED) is 0.171. The molecule has 1 atom stereocenters. The van der Waals surface area contributed by atoms with Gasteiger partial charge in [0.2, 0.25) is 0 Å². The zero-order chi connectivity index (χ0) is 33.9. The molecule has 1 aliphatic heterocycles. The van der Waals surface area contributed by atoms with Crippen LogP contribution in [0.3, 0.4) is 0 Å². The van der Waals surface area contributed by atoms with Gasteiger partial charge in [0.25, 0.3) is 0 Å². The fourth-order valence-corrected chi connectivity index (χ4v) is 10.7. The second kappa shape index (κ2) is 11.6. The van der Waals surface area contributed by atoms with Gasteiger partial charge in [0, 0.05) is 49.1 Å². The van der Waals surface area contributed by atoms with Gasteiger partial charge in [-0.1, -0.05) is 146 Å². The number of fused-ring (bicyclic) bond motifs is 6. The summed E-state index contributed by atoms with van der Waals surface area (Å²) in [7, 11) is -3.06. The molecule has 240 valence electrons. The lowest BCUT2D eigenvalue weighted by molar-refractivity contribution is 0.593. The highest BCUT2D eigenvalue weighted by molar-refractivity contribution is 7.86. The number of benzene rings is 7. The summed E-state index contributed by atoms with van der Waals surface area (Å²) in [6.45, 7) is 0. The maximum Gasteiger partial charge on any atom is 0.172 e. The number of hydrogen-bond acceptors (Lipinski definition) is 3. The zero-order valence-electron chi connectivity index (χ0n) is 27.5. The van der Waals surface area contributed by atoms with Crippen molar-refractivity contribution in [3.63, 3.8) is 0 Å². The van der Waals surface area contributed by atoms with E-state index in [2.05, 4.69) is 89.5 Å². The van der Waals surface area contributed by atoms with Gasteiger partial charge in [-0.3, -0.25) is 0 Å². The first-order chi connectivity index (χ1) is 25.2. The minimum Gasteiger partial charge on any atom is -0.309 e. The van der Waals surface area contributed by atoms with Crippen LogP contribution in [0.5, 0.6) is 0 Å². The average molecular weight is 672 g/mol. The maximum atomic E-state index is 15.3. The summed E-state index contributed by atoms with van der Waals surface area (Å²) in [5.41, 5.74) is 10.1. The molecule has 2 aromatic heterocycles. The Morgan fingerprint density at radius 3 is 1.75 bits per heavy atom. The molecule has 1 aliphatic rings. The van der Waals surface area contributed by atoms with Crippen molar-refractivity contribution in [2.24, 2.45) is 0 Å². The molecule has 5 heteroatoms. The second-order valence-corrected chi connectivity index (χ2v) is 15.6. The van der Waals surface area contributed by atoms with Crippen molar-refractivity contribution in [1.29, 1.82) is 0 Å². The first kappa shape index (κ1) is 29.6. The van der Waals surface area contributed by atoms with Crippen LogP contribution in [-0.4, -0.2) is 14.5 Å². The summed E-state index contributed by atoms with van der Waals surface area (Å²) in [5.74, 6) is 0.695. The van der Waals surface area contributed by atoms with Crippen LogP contribution in [0.1, 0.15) is 0 Å². The van der Waals surface area contributed by atoms with Crippen molar-refractivity contribution in [3.8, 4) is 50.7 Å². The van der Waals surface area contributed by atoms with Crippen molar-refractivity contribution in [1.82, 2.24) is 14.5 Å². The van der Waals surface area contributed by atoms with Crippen LogP contribution < -0.4 is 15.9 Å². The van der Waals surface area contributed by atoms with Crippen LogP contribution >= 0.6 is 7.14 Å². The largest absolute Gasteiger partial charge is 0.309 e. The summed E-state index contributed by atoms with van der Waals surface area (Å²) >= 11 is 0. The highest BCUT2D eigenvalue weighted by atomic mass is 31.2. The number of aromatic nitrogens is 3. The third-order valence-corrected chi connectivity index (χ3v) is 13.2. The molecule has 7 aromatic carbocycles. The Bertz CT molecular complexity index is 2750. The third-order valence-electron chi connectivity index (χ3n) is 10.0. The lowest BCUT2D eigenvalue weighted by atomic mass is 10.0. The molecule has 1 unspecified atom stereocenters. The van der Waals surface area contributed by atoms with Crippen molar-refractivity contribution in [3.05, 3.63) is 182 Å². The highest BCUT2D eigenvalue weighted by Gasteiger charge is 2.40. The molecule has 9 aromatic rings. The van der Waals surface area contributed by atoms with Crippen LogP contribution in [0.4, 0.5) is 0 Å². The van der Waals surface area contributed by atoms with Gasteiger partial charge in [0.1, 0.15) is 0 Å². The Kier molecular flexibility index (Phi) is 6.74. The molecule has 0 amide bonds. The Morgan fingerprint density at radius 2 is 1.02 bits per heavy atom. The molecule has 4 nitrogen and oxygen atoms in total. The van der Waals surface area contributed by atoms with Crippen LogP contribution in [0.15, 0.2) is 182 Å². The first-order valence-corrected chi connectivity index (χ1v) is 18.8. The minimum absolute atomic E-state index is 0.695. The van der Waals surface area contributed by atoms with Gasteiger partial charge in [-0.2, -0.15) is 0 Å². The molecule has 0 fully saturated rings. The van der Waals surface area contributed by atoms with Gasteiger partial charge in [0.05, 0.1) is 22.4 Å². The van der Waals surface area contributed by atoms with Crippen molar-refractivity contribution in [2.75, 3.05) is 0 Å². The van der Waals surface area contributed by atoms with Gasteiger partial charge in [-0.15, -0.1) is 0 Å². The molecular formula is C46H30N3OP. The number of nitrogens with zero attached hydrogens (tertiary/aromatic N) is 3. The predicted molar refractivity (Wildman–Crippen MR) is 211 cm³/mol. The zero-order valence-corrected chi connectivity index (χ0v) is 28.4. The van der Waals surface area contributed by atoms with Gasteiger partial charge >= 0.3 is 0 Å². The fourth-order valence-electron chi connectivity index (χ4n) is 7.63. The van der Waals surface area contributed by atoms with Crippen LogP contribution in [0.25, 0.3) is 72.5 Å². The number of hydrogen-bond donors (Lipinski definition) is 0. The average Bonchev–Trinajstić information content (AvgIpc) is 3.67. The molecular weight excluding hydrogens is 642 g/mol. The third kappa shape index (κ3) is 4.65. The van der Waals surface area contributed by atoms with Gasteiger partial charge in [-0.05, 0) is 47.5 Å². The summed E-state index contributed by atoms with van der Waals surface area (Å²) in [5, 5.41) is 4.91. The molecule has 51 heavy (non-hydrogen) atoms. The molecule has 0 saturated heterocycles. The topological polar surface area (TPSA) is 47.8 Å². The standard InChI is InChI=1S/C46H30N3OP/c50-51(35-18-8-3-9-19-35)44-23-13-11-21-37(44)39-28-43-38(29-45(39)51)36-20-10-12-22-42(36)49(43)34-26-24-32(25-27-34)41-30-40(31-14-4-1-5-15-31)47-46(48-41)33-16-6-2-7-17-33/h1-30H. The molecule has 3 heterocycles. The van der Waals surface area contributed by atoms with E-state index in [9.17, 15) is 0 Å². The van der Waals surface area contributed by atoms with E-state index in [-0.39, 0.29) is 0 Å². The van der Waals surface area contributed by atoms with E-state index in [0.717, 1.165) is 82.6 Å². The normalized spacial score (nSPS) is 14.8. The van der Waals surface area contributed by atoms with E-state index in [4.69, 9.17) is 9.97 Å². The van der Waals surface area contributed by atoms with E-state index in [1.54, 1.807) is 0 Å². The van der Waals surface area contributed by atoms with Crippen molar-refractivity contribution in [2.45, 2.75) is 0 Å². The summed E-state index contributed by atoms with van der Waals surface area (Å²) in [4.78, 5) is 10.0. The number of para-hydroxylation sites is 1. The SMILES string of the molecule is O=P1(c2ccccc2)c2ccccc2-c2cc3c(cc21)c1ccccc1n3-c1ccc(-c2cc(-c3ccccc3)nc(-c3ccccc3)n2)cc1. The fraction of sp³-hybridized carbons (Fsp3) is 0. The van der Waals surface area contributed by atoms with E-state index in [1.807, 2.05) is 97.1 Å². The Labute approximate surface area is 295 Å². The van der Waals surface area contributed by atoms with Crippen molar-refractivity contribution < 1.29 is 4.57 Å². The van der Waals surface area contributed by atoms with E-state index >= 15 is 4.57 Å². The molecule has 0 radical (unpaired) electrons. The molecule has 10 rings (SSSR count). The van der Waals surface area contributed by atoms with Crippen LogP contribution in [0.2, 0.25) is 0 Å². The lowest BCUT2D eigenvalue weighted by Gasteiger charge is -2.16. The summed E-state index contributed by atoms with van der Waals surface area (Å²) < 4.78 is 17.6. The molecule has 0 bridgehead atoms. The van der Waals surface area contributed by atoms with E-state index < -0.39 is 7.14 Å². The van der Waals surface area contributed by atoms with E-state index in [1.165, 1.54) is 0 Å². The molecule has 0 spiro atoms. The monoisotopic (exact) mass is 671 g/mol. The van der Waals surface area contributed by atoms with Crippen LogP contribution in [0, 0.1) is 0 Å². The van der Waals surface area contributed by atoms with Gasteiger partial charge in [0.15, 0.2) is 13.0 Å². The Hall–Kier alpha value is -6.35. The summed E-state index contributed by atoms with van der Waals surface area (Å²) in [6.07, 6.45) is 0. The maximum absolute atomic E-state index is 15.3. The summed E-state index contributed by atoms with van der Waals surface area (Å²) in [6, 6.07) is 62.2. The van der Waals surface area contributed by atoms with Crippen LogP contribution in [-0.2, 0) is 4.57 Å². The Morgan fingerprint density at radius 1 is 0.431 bits per heavy atom. The minimum atomic E-state index is -3.06. The Balaban J connectivity index is 1.14. The predicted octanol–water partition coefficient (Wildman–Crippen LogP) is 10.2. The van der Waals surface area contributed by atoms with Gasteiger partial charge < -0.3 is 9.13 Å². The lowest BCUT2D eigenvalue weighted by Crippen LogP contribution is -2.20. The highest BCUT2D eigenvalue weighted by Crippen LogP contribution is 2.53. The van der Waals surface area contributed by atoms with E-state index in [0.29, 0.717) is 5.82 Å². The molecule has 0 N–H and O–H groups in total. The smallest absolute Gasteiger partial charge is 0.172 e. The first-order valence-electron chi connectivity index (χ1n) is 17.1. The van der Waals surface area contributed by atoms with Crippen molar-refractivity contribution >= 4 is 44.9 Å². The molecule has 0 aliphatic carbocycles. The second-order valence-electron chi connectivity index (χ2n) is 12.9. The molecule has 0 saturated carbocycles. The van der Waals surface area contributed by atoms with Gasteiger partial charge in [-0.25, -0.2) is 9.97 Å².